The first kappa shape index (κ1) is 15.5. The number of H-pyrrole nitrogens is 1. The number of aromatic amines is 1. The molecule has 0 spiro atoms. The van der Waals surface area contributed by atoms with Gasteiger partial charge in [-0.2, -0.15) is 0 Å². The fraction of sp³-hybridized carbons (Fsp3) is 0.688. The number of piperazine rings is 1. The third-order valence-corrected chi connectivity index (χ3v) is 5.02. The van der Waals surface area contributed by atoms with Crippen LogP contribution in [0.15, 0.2) is 18.3 Å². The van der Waals surface area contributed by atoms with Gasteiger partial charge in [-0.15, -0.1) is 0 Å². The van der Waals surface area contributed by atoms with Gasteiger partial charge in [0.25, 0.3) is 5.91 Å². The number of carbonyl (C=O) groups is 1. The molecule has 6 nitrogen and oxygen atoms in total. The Morgan fingerprint density at radius 3 is 2.64 bits per heavy atom. The molecule has 0 bridgehead atoms. The highest BCUT2D eigenvalue weighted by molar-refractivity contribution is 5.92. The Morgan fingerprint density at radius 2 is 2.00 bits per heavy atom. The summed E-state index contributed by atoms with van der Waals surface area (Å²) in [5.41, 5.74) is 0.636. The van der Waals surface area contributed by atoms with Crippen LogP contribution in [0.1, 0.15) is 10.5 Å². The fourth-order valence-electron chi connectivity index (χ4n) is 3.51. The average molecular weight is 306 g/mol. The van der Waals surface area contributed by atoms with Crippen LogP contribution in [0, 0.1) is 11.8 Å². The van der Waals surface area contributed by atoms with Gasteiger partial charge in [-0.25, -0.2) is 0 Å². The molecule has 0 aliphatic carbocycles. The molecule has 1 aromatic heterocycles. The summed E-state index contributed by atoms with van der Waals surface area (Å²) >= 11 is 0. The van der Waals surface area contributed by atoms with Crippen molar-refractivity contribution < 1.29 is 9.90 Å². The standard InChI is InChI=1S/C16H26N4O2/c1-18-5-7-19(8-6-18)9-13-10-20(11-14(13)12-21)16(22)15-3-2-4-17-15/h2-4,13-14,17,21H,5-12H2,1H3/t13-,14-/m1/s1. The van der Waals surface area contributed by atoms with Crippen LogP contribution in [0.3, 0.4) is 0 Å². The first-order valence-electron chi connectivity index (χ1n) is 8.12. The lowest BCUT2D eigenvalue weighted by Crippen LogP contribution is -2.47. The van der Waals surface area contributed by atoms with Crippen molar-refractivity contribution in [1.82, 2.24) is 19.7 Å². The second-order valence-corrected chi connectivity index (χ2v) is 6.60. The van der Waals surface area contributed by atoms with E-state index in [0.29, 0.717) is 18.2 Å². The number of aromatic nitrogens is 1. The first-order valence-corrected chi connectivity index (χ1v) is 8.12. The van der Waals surface area contributed by atoms with Crippen LogP contribution >= 0.6 is 0 Å². The van der Waals surface area contributed by atoms with Crippen molar-refractivity contribution in [2.24, 2.45) is 11.8 Å². The zero-order valence-corrected chi connectivity index (χ0v) is 13.2. The predicted molar refractivity (Wildman–Crippen MR) is 84.7 cm³/mol. The molecule has 2 fully saturated rings. The summed E-state index contributed by atoms with van der Waals surface area (Å²) in [4.78, 5) is 22.1. The summed E-state index contributed by atoms with van der Waals surface area (Å²) < 4.78 is 0. The number of carbonyl (C=O) groups excluding carboxylic acids is 1. The van der Waals surface area contributed by atoms with E-state index in [4.69, 9.17) is 0 Å². The van der Waals surface area contributed by atoms with Crippen molar-refractivity contribution in [3.05, 3.63) is 24.0 Å². The lowest BCUT2D eigenvalue weighted by Gasteiger charge is -2.34. The number of aliphatic hydroxyl groups is 1. The Bertz CT molecular complexity index is 482. The molecule has 2 saturated heterocycles. The van der Waals surface area contributed by atoms with E-state index in [1.165, 1.54) is 0 Å². The molecule has 6 heteroatoms. The van der Waals surface area contributed by atoms with Crippen LogP contribution in [0.5, 0.6) is 0 Å². The smallest absolute Gasteiger partial charge is 0.270 e. The van der Waals surface area contributed by atoms with E-state index in [0.717, 1.165) is 39.3 Å². The topological polar surface area (TPSA) is 62.8 Å². The minimum Gasteiger partial charge on any atom is -0.396 e. The van der Waals surface area contributed by atoms with Crippen LogP contribution in [-0.4, -0.2) is 90.2 Å². The van der Waals surface area contributed by atoms with Crippen molar-refractivity contribution in [1.29, 1.82) is 0 Å². The number of rotatable bonds is 4. The molecular weight excluding hydrogens is 280 g/mol. The molecule has 2 atom stereocenters. The van der Waals surface area contributed by atoms with Crippen LogP contribution < -0.4 is 0 Å². The van der Waals surface area contributed by atoms with Crippen molar-refractivity contribution in [3.8, 4) is 0 Å². The SMILES string of the molecule is CN1CCN(C[C@@H]2CN(C(=O)c3ccc[nH]3)C[C@@H]2CO)CC1. The van der Waals surface area contributed by atoms with Gasteiger partial charge in [-0.3, -0.25) is 4.79 Å². The van der Waals surface area contributed by atoms with Gasteiger partial charge in [0.05, 0.1) is 0 Å². The lowest BCUT2D eigenvalue weighted by molar-refractivity contribution is 0.0772. The molecule has 0 saturated carbocycles. The summed E-state index contributed by atoms with van der Waals surface area (Å²) in [5, 5.41) is 9.67. The van der Waals surface area contributed by atoms with E-state index in [-0.39, 0.29) is 18.4 Å². The predicted octanol–water partition coefficient (Wildman–Crippen LogP) is -0.0574. The van der Waals surface area contributed by atoms with E-state index in [2.05, 4.69) is 21.8 Å². The van der Waals surface area contributed by atoms with Gasteiger partial charge >= 0.3 is 0 Å². The molecule has 1 aromatic rings. The van der Waals surface area contributed by atoms with Gasteiger partial charge in [0, 0.05) is 64.5 Å². The van der Waals surface area contributed by atoms with Gasteiger partial charge in [-0.05, 0) is 25.1 Å². The second-order valence-electron chi connectivity index (χ2n) is 6.60. The van der Waals surface area contributed by atoms with Crippen LogP contribution in [0.25, 0.3) is 0 Å². The zero-order chi connectivity index (χ0) is 15.5. The summed E-state index contributed by atoms with van der Waals surface area (Å²) in [6.07, 6.45) is 1.77. The fourth-order valence-corrected chi connectivity index (χ4v) is 3.51. The molecule has 2 aliphatic rings. The minimum absolute atomic E-state index is 0.0457. The Hall–Kier alpha value is -1.37. The number of amides is 1. The molecule has 0 radical (unpaired) electrons. The van der Waals surface area contributed by atoms with E-state index >= 15 is 0 Å². The second kappa shape index (κ2) is 6.81. The van der Waals surface area contributed by atoms with E-state index < -0.39 is 0 Å². The molecule has 2 N–H and O–H groups in total. The van der Waals surface area contributed by atoms with Gasteiger partial charge in [0.2, 0.25) is 0 Å². The molecular formula is C16H26N4O2. The van der Waals surface area contributed by atoms with Gasteiger partial charge in [0.1, 0.15) is 5.69 Å². The summed E-state index contributed by atoms with van der Waals surface area (Å²) in [7, 11) is 2.15. The Balaban J connectivity index is 1.59. The van der Waals surface area contributed by atoms with Crippen molar-refractivity contribution in [2.45, 2.75) is 0 Å². The van der Waals surface area contributed by atoms with Gasteiger partial charge in [0.15, 0.2) is 0 Å². The summed E-state index contributed by atoms with van der Waals surface area (Å²) in [5.74, 6) is 0.607. The highest BCUT2D eigenvalue weighted by Gasteiger charge is 2.36. The van der Waals surface area contributed by atoms with Gasteiger partial charge in [-0.1, -0.05) is 0 Å². The first-order chi connectivity index (χ1) is 10.7. The maximum absolute atomic E-state index is 12.4. The minimum atomic E-state index is 0.0457. The highest BCUT2D eigenvalue weighted by atomic mass is 16.3. The normalized spacial score (nSPS) is 27.5. The summed E-state index contributed by atoms with van der Waals surface area (Å²) in [6, 6.07) is 3.65. The number of nitrogens with zero attached hydrogens (tertiary/aromatic N) is 3. The van der Waals surface area contributed by atoms with Crippen molar-refractivity contribution in [3.63, 3.8) is 0 Å². The number of nitrogens with one attached hydrogen (secondary N) is 1. The maximum Gasteiger partial charge on any atom is 0.270 e. The van der Waals surface area contributed by atoms with Crippen molar-refractivity contribution >= 4 is 5.91 Å². The zero-order valence-electron chi connectivity index (χ0n) is 13.2. The lowest BCUT2D eigenvalue weighted by atomic mass is 9.96. The number of aliphatic hydroxyl groups excluding tert-OH is 1. The Kier molecular flexibility index (Phi) is 4.81. The quantitative estimate of drug-likeness (QED) is 0.818. The number of likely N-dealkylation sites (N-methyl/N-ethyl adjacent to an activating group) is 1. The molecule has 0 aromatic carbocycles. The maximum atomic E-state index is 12.4. The highest BCUT2D eigenvalue weighted by Crippen LogP contribution is 2.25. The van der Waals surface area contributed by atoms with Crippen LogP contribution in [0.2, 0.25) is 0 Å². The molecule has 3 rings (SSSR count). The third kappa shape index (κ3) is 3.34. The largest absolute Gasteiger partial charge is 0.396 e. The van der Waals surface area contributed by atoms with E-state index in [9.17, 15) is 9.90 Å². The van der Waals surface area contributed by atoms with Crippen molar-refractivity contribution in [2.75, 3.05) is 59.5 Å². The van der Waals surface area contributed by atoms with Gasteiger partial charge < -0.3 is 24.8 Å². The Morgan fingerprint density at radius 1 is 1.27 bits per heavy atom. The monoisotopic (exact) mass is 306 g/mol. The molecule has 1 amide bonds. The molecule has 3 heterocycles. The average Bonchev–Trinajstić information content (AvgIpc) is 3.18. The van der Waals surface area contributed by atoms with Crippen LogP contribution in [0.4, 0.5) is 0 Å². The third-order valence-electron chi connectivity index (χ3n) is 5.02. The van der Waals surface area contributed by atoms with E-state index in [1.54, 1.807) is 6.20 Å². The Labute approximate surface area is 131 Å². The number of likely N-dealkylation sites (tertiary alicyclic amines) is 1. The molecule has 0 unspecified atom stereocenters. The molecule has 122 valence electrons. The summed E-state index contributed by atoms with van der Waals surface area (Å²) in [6.45, 7) is 6.90. The molecule has 2 aliphatic heterocycles. The van der Waals surface area contributed by atoms with Crippen LogP contribution in [-0.2, 0) is 0 Å². The number of hydrogen-bond acceptors (Lipinski definition) is 4. The number of hydrogen-bond donors (Lipinski definition) is 2. The molecule has 22 heavy (non-hydrogen) atoms. The van der Waals surface area contributed by atoms with E-state index in [1.807, 2.05) is 17.0 Å².